The second kappa shape index (κ2) is 6.02. The van der Waals surface area contributed by atoms with Gasteiger partial charge in [0.05, 0.1) is 5.69 Å². The monoisotopic (exact) mass is 257 g/mol. The quantitative estimate of drug-likeness (QED) is 0.887. The molecule has 0 saturated heterocycles. The van der Waals surface area contributed by atoms with Gasteiger partial charge < -0.3 is 5.32 Å². The molecule has 19 heavy (non-hydrogen) atoms. The molecule has 0 fully saturated rings. The van der Waals surface area contributed by atoms with Crippen LogP contribution in [0.25, 0.3) is 11.1 Å². The lowest BCUT2D eigenvalue weighted by atomic mass is 10.0. The fourth-order valence-corrected chi connectivity index (χ4v) is 2.36. The molecule has 0 amide bonds. The van der Waals surface area contributed by atoms with Gasteiger partial charge in [0.1, 0.15) is 0 Å². The molecule has 0 bridgehead atoms. The van der Waals surface area contributed by atoms with Gasteiger partial charge in [0.15, 0.2) is 0 Å². The van der Waals surface area contributed by atoms with Crippen molar-refractivity contribution in [2.45, 2.75) is 40.3 Å². The first-order chi connectivity index (χ1) is 9.15. The Labute approximate surface area is 115 Å². The fraction of sp³-hybridized carbons (Fsp3) is 0.438. The Morgan fingerprint density at radius 2 is 2.11 bits per heavy atom. The summed E-state index contributed by atoms with van der Waals surface area (Å²) in [6.45, 7) is 10.4. The molecule has 0 radical (unpaired) electrons. The molecule has 0 saturated carbocycles. The molecule has 0 aliphatic rings. The van der Waals surface area contributed by atoms with Gasteiger partial charge in [-0.15, -0.1) is 0 Å². The number of rotatable bonds is 5. The van der Waals surface area contributed by atoms with E-state index in [-0.39, 0.29) is 0 Å². The molecule has 2 aromatic rings. The summed E-state index contributed by atoms with van der Waals surface area (Å²) in [4.78, 5) is 0. The molecule has 1 heterocycles. The van der Waals surface area contributed by atoms with Gasteiger partial charge in [-0.25, -0.2) is 0 Å². The summed E-state index contributed by atoms with van der Waals surface area (Å²) in [5, 5.41) is 7.97. The highest BCUT2D eigenvalue weighted by molar-refractivity contribution is 5.65. The SMILES string of the molecule is CCNC(C)c1cccc(-c2cn(CC)nc2C)c1. The lowest BCUT2D eigenvalue weighted by molar-refractivity contribution is 0.598. The van der Waals surface area contributed by atoms with Crippen molar-refractivity contribution in [2.24, 2.45) is 0 Å². The van der Waals surface area contributed by atoms with Crippen LogP contribution in [0.5, 0.6) is 0 Å². The van der Waals surface area contributed by atoms with E-state index >= 15 is 0 Å². The van der Waals surface area contributed by atoms with Gasteiger partial charge in [0, 0.05) is 24.3 Å². The molecule has 2 rings (SSSR count). The van der Waals surface area contributed by atoms with Crippen molar-refractivity contribution in [1.82, 2.24) is 15.1 Å². The van der Waals surface area contributed by atoms with Crippen molar-refractivity contribution < 1.29 is 0 Å². The van der Waals surface area contributed by atoms with E-state index in [1.807, 2.05) is 4.68 Å². The van der Waals surface area contributed by atoms with Crippen LogP contribution in [0, 0.1) is 6.92 Å². The van der Waals surface area contributed by atoms with Crippen molar-refractivity contribution in [2.75, 3.05) is 6.54 Å². The Morgan fingerprint density at radius 1 is 1.32 bits per heavy atom. The van der Waals surface area contributed by atoms with Crippen LogP contribution in [0.4, 0.5) is 0 Å². The van der Waals surface area contributed by atoms with Crippen LogP contribution >= 0.6 is 0 Å². The maximum atomic E-state index is 4.52. The van der Waals surface area contributed by atoms with Crippen LogP contribution in [-0.2, 0) is 6.54 Å². The molecule has 3 nitrogen and oxygen atoms in total. The molecule has 0 aliphatic heterocycles. The Bertz CT molecular complexity index is 543. The minimum absolute atomic E-state index is 0.381. The van der Waals surface area contributed by atoms with Crippen LogP contribution in [0.15, 0.2) is 30.5 Å². The predicted octanol–water partition coefficient (Wildman–Crippen LogP) is 3.55. The zero-order valence-electron chi connectivity index (χ0n) is 12.3. The topological polar surface area (TPSA) is 29.9 Å². The van der Waals surface area contributed by atoms with Gasteiger partial charge in [0.2, 0.25) is 0 Å². The maximum absolute atomic E-state index is 4.52. The number of aryl methyl sites for hydroxylation is 2. The molecule has 1 aromatic carbocycles. The molecule has 102 valence electrons. The summed E-state index contributed by atoms with van der Waals surface area (Å²) >= 11 is 0. The Morgan fingerprint density at radius 3 is 2.74 bits per heavy atom. The fourth-order valence-electron chi connectivity index (χ4n) is 2.36. The first kappa shape index (κ1) is 13.8. The summed E-state index contributed by atoms with van der Waals surface area (Å²) in [6, 6.07) is 9.10. The largest absolute Gasteiger partial charge is 0.310 e. The highest BCUT2D eigenvalue weighted by Crippen LogP contribution is 2.25. The van der Waals surface area contributed by atoms with E-state index in [0.717, 1.165) is 18.8 Å². The first-order valence-electron chi connectivity index (χ1n) is 7.03. The normalized spacial score (nSPS) is 12.6. The minimum Gasteiger partial charge on any atom is -0.310 e. The van der Waals surface area contributed by atoms with E-state index in [4.69, 9.17) is 0 Å². The molecule has 1 atom stereocenters. The Balaban J connectivity index is 2.34. The van der Waals surface area contributed by atoms with Gasteiger partial charge in [-0.05, 0) is 44.5 Å². The molecule has 0 aliphatic carbocycles. The summed E-state index contributed by atoms with van der Waals surface area (Å²) < 4.78 is 1.99. The first-order valence-corrected chi connectivity index (χ1v) is 7.03. The zero-order valence-corrected chi connectivity index (χ0v) is 12.3. The van der Waals surface area contributed by atoms with Crippen molar-refractivity contribution in [3.05, 3.63) is 41.7 Å². The van der Waals surface area contributed by atoms with Gasteiger partial charge in [0.25, 0.3) is 0 Å². The highest BCUT2D eigenvalue weighted by Gasteiger charge is 2.09. The third-order valence-electron chi connectivity index (χ3n) is 3.48. The highest BCUT2D eigenvalue weighted by atomic mass is 15.3. The summed E-state index contributed by atoms with van der Waals surface area (Å²) in [5.41, 5.74) is 4.89. The average molecular weight is 257 g/mol. The van der Waals surface area contributed by atoms with Crippen molar-refractivity contribution >= 4 is 0 Å². The average Bonchev–Trinajstić information content (AvgIpc) is 2.80. The van der Waals surface area contributed by atoms with E-state index in [1.165, 1.54) is 16.7 Å². The Hall–Kier alpha value is -1.61. The van der Waals surface area contributed by atoms with Crippen LogP contribution < -0.4 is 5.32 Å². The van der Waals surface area contributed by atoms with E-state index in [0.29, 0.717) is 6.04 Å². The molecular weight excluding hydrogens is 234 g/mol. The number of nitrogens with one attached hydrogen (secondary N) is 1. The third kappa shape index (κ3) is 3.04. The summed E-state index contributed by atoms with van der Waals surface area (Å²) in [6.07, 6.45) is 2.13. The van der Waals surface area contributed by atoms with Crippen molar-refractivity contribution in [3.63, 3.8) is 0 Å². The number of benzene rings is 1. The van der Waals surface area contributed by atoms with Gasteiger partial charge in [-0.2, -0.15) is 5.10 Å². The maximum Gasteiger partial charge on any atom is 0.0672 e. The van der Waals surface area contributed by atoms with Crippen LogP contribution in [0.2, 0.25) is 0 Å². The predicted molar refractivity (Wildman–Crippen MR) is 80.2 cm³/mol. The summed E-state index contributed by atoms with van der Waals surface area (Å²) in [5.74, 6) is 0. The molecule has 1 N–H and O–H groups in total. The van der Waals surface area contributed by atoms with Crippen LogP contribution in [0.3, 0.4) is 0 Å². The number of aromatic nitrogens is 2. The van der Waals surface area contributed by atoms with Gasteiger partial charge in [-0.1, -0.05) is 25.1 Å². The molecule has 3 heteroatoms. The van der Waals surface area contributed by atoms with E-state index < -0.39 is 0 Å². The molecular formula is C16H23N3. The van der Waals surface area contributed by atoms with E-state index in [9.17, 15) is 0 Å². The Kier molecular flexibility index (Phi) is 4.38. The number of hydrogen-bond acceptors (Lipinski definition) is 2. The second-order valence-electron chi connectivity index (χ2n) is 4.89. The lowest BCUT2D eigenvalue weighted by Crippen LogP contribution is -2.17. The molecule has 0 spiro atoms. The van der Waals surface area contributed by atoms with E-state index in [1.54, 1.807) is 0 Å². The minimum atomic E-state index is 0.381. The lowest BCUT2D eigenvalue weighted by Gasteiger charge is -2.13. The zero-order chi connectivity index (χ0) is 13.8. The van der Waals surface area contributed by atoms with E-state index in [2.05, 4.69) is 68.6 Å². The third-order valence-corrected chi connectivity index (χ3v) is 3.48. The molecule has 1 unspecified atom stereocenters. The second-order valence-corrected chi connectivity index (χ2v) is 4.89. The number of hydrogen-bond donors (Lipinski definition) is 1. The van der Waals surface area contributed by atoms with Gasteiger partial charge >= 0.3 is 0 Å². The van der Waals surface area contributed by atoms with Crippen molar-refractivity contribution in [3.8, 4) is 11.1 Å². The standard InChI is InChI=1S/C16H23N3/c1-5-17-12(3)14-8-7-9-15(10-14)16-11-19(6-2)18-13(16)4/h7-12,17H,5-6H2,1-4H3. The molecule has 1 aromatic heterocycles. The summed E-state index contributed by atoms with van der Waals surface area (Å²) in [7, 11) is 0. The smallest absolute Gasteiger partial charge is 0.0672 e. The van der Waals surface area contributed by atoms with Gasteiger partial charge in [-0.3, -0.25) is 4.68 Å². The van der Waals surface area contributed by atoms with Crippen LogP contribution in [0.1, 0.15) is 38.1 Å². The van der Waals surface area contributed by atoms with Crippen LogP contribution in [-0.4, -0.2) is 16.3 Å². The number of nitrogens with zero attached hydrogens (tertiary/aromatic N) is 2. The van der Waals surface area contributed by atoms with Crippen molar-refractivity contribution in [1.29, 1.82) is 0 Å².